The normalized spacial score (nSPS) is 21.4. The maximum Gasteiger partial charge on any atom is 0.240 e. The summed E-state index contributed by atoms with van der Waals surface area (Å²) in [5.74, 6) is 0.338. The third-order valence-corrected chi connectivity index (χ3v) is 4.46. The molecule has 0 aromatic heterocycles. The van der Waals surface area contributed by atoms with Gasteiger partial charge in [0.2, 0.25) is 5.91 Å². The van der Waals surface area contributed by atoms with Crippen LogP contribution in [0.2, 0.25) is 0 Å². The molecule has 1 unspecified atom stereocenters. The van der Waals surface area contributed by atoms with Crippen LogP contribution in [0.4, 0.5) is 0 Å². The number of carbonyl (C=O) groups is 1. The highest BCUT2D eigenvalue weighted by molar-refractivity contribution is 5.82. The van der Waals surface area contributed by atoms with Crippen molar-refractivity contribution in [3.05, 3.63) is 0 Å². The van der Waals surface area contributed by atoms with E-state index in [0.717, 1.165) is 32.4 Å². The average molecular weight is 296 g/mol. The molecule has 1 amide bonds. The molecule has 1 heterocycles. The van der Waals surface area contributed by atoms with Gasteiger partial charge in [-0.2, -0.15) is 0 Å². The highest BCUT2D eigenvalue weighted by Gasteiger charge is 2.39. The van der Waals surface area contributed by atoms with Gasteiger partial charge in [-0.15, -0.1) is 0 Å². The molecule has 0 bridgehead atoms. The lowest BCUT2D eigenvalue weighted by Crippen LogP contribution is -2.60. The van der Waals surface area contributed by atoms with Crippen molar-refractivity contribution < 1.29 is 4.79 Å². The SMILES string of the molecule is CCCCN(C(=O)C1CCCCN1C(C)(C)C)C(C)(C)C. The van der Waals surface area contributed by atoms with E-state index in [0.29, 0.717) is 5.91 Å². The van der Waals surface area contributed by atoms with Gasteiger partial charge >= 0.3 is 0 Å². The number of likely N-dealkylation sites (tertiary alicyclic amines) is 1. The molecule has 0 N–H and O–H groups in total. The Bertz CT molecular complexity index is 338. The summed E-state index contributed by atoms with van der Waals surface area (Å²) in [6, 6.07) is 0.0647. The van der Waals surface area contributed by atoms with Crippen molar-refractivity contribution >= 4 is 5.91 Å². The summed E-state index contributed by atoms with van der Waals surface area (Å²) in [4.78, 5) is 17.7. The van der Waals surface area contributed by atoms with Crippen molar-refractivity contribution in [2.24, 2.45) is 0 Å². The smallest absolute Gasteiger partial charge is 0.240 e. The molecule has 21 heavy (non-hydrogen) atoms. The lowest BCUT2D eigenvalue weighted by molar-refractivity contribution is -0.146. The van der Waals surface area contributed by atoms with Gasteiger partial charge in [0.25, 0.3) is 0 Å². The first kappa shape index (κ1) is 18.5. The molecule has 1 fully saturated rings. The molecule has 1 atom stereocenters. The van der Waals surface area contributed by atoms with Crippen LogP contribution in [0.1, 0.15) is 80.6 Å². The van der Waals surface area contributed by atoms with E-state index >= 15 is 0 Å². The van der Waals surface area contributed by atoms with E-state index in [-0.39, 0.29) is 17.1 Å². The summed E-state index contributed by atoms with van der Waals surface area (Å²) < 4.78 is 0. The standard InChI is InChI=1S/C18H36N2O/c1-8-9-13-20(18(5,6)7)16(21)15-12-10-11-14-19(15)17(2,3)4/h15H,8-14H2,1-7H3. The van der Waals surface area contributed by atoms with Crippen LogP contribution < -0.4 is 0 Å². The molecule has 0 aromatic carbocycles. The summed E-state index contributed by atoms with van der Waals surface area (Å²) in [5.41, 5.74) is -0.0255. The van der Waals surface area contributed by atoms with Gasteiger partial charge < -0.3 is 4.90 Å². The van der Waals surface area contributed by atoms with E-state index < -0.39 is 0 Å². The number of hydrogen-bond acceptors (Lipinski definition) is 2. The Hall–Kier alpha value is -0.570. The fourth-order valence-electron chi connectivity index (χ4n) is 3.26. The van der Waals surface area contributed by atoms with Gasteiger partial charge in [0.15, 0.2) is 0 Å². The zero-order valence-corrected chi connectivity index (χ0v) is 15.3. The maximum atomic E-state index is 13.2. The van der Waals surface area contributed by atoms with Gasteiger partial charge in [-0.1, -0.05) is 19.8 Å². The summed E-state index contributed by atoms with van der Waals surface area (Å²) in [6.45, 7) is 17.3. The molecule has 0 aliphatic carbocycles. The van der Waals surface area contributed by atoms with Crippen LogP contribution in [-0.4, -0.2) is 45.9 Å². The number of amides is 1. The fraction of sp³-hybridized carbons (Fsp3) is 0.944. The Balaban J connectivity index is 2.94. The Morgan fingerprint density at radius 2 is 1.76 bits per heavy atom. The number of rotatable bonds is 4. The lowest BCUT2D eigenvalue weighted by Gasteiger charge is -2.47. The minimum atomic E-state index is -0.0900. The van der Waals surface area contributed by atoms with Crippen molar-refractivity contribution in [1.29, 1.82) is 0 Å². The topological polar surface area (TPSA) is 23.6 Å². The van der Waals surface area contributed by atoms with Crippen LogP contribution in [0.3, 0.4) is 0 Å². The summed E-state index contributed by atoms with van der Waals surface area (Å²) >= 11 is 0. The molecule has 1 aliphatic heterocycles. The average Bonchev–Trinajstić information content (AvgIpc) is 2.36. The maximum absolute atomic E-state index is 13.2. The third kappa shape index (κ3) is 4.98. The Labute approximate surface area is 132 Å². The quantitative estimate of drug-likeness (QED) is 0.781. The molecule has 0 radical (unpaired) electrons. The van der Waals surface area contributed by atoms with Gasteiger partial charge in [-0.25, -0.2) is 0 Å². The second-order valence-corrected chi connectivity index (χ2v) is 8.39. The van der Waals surface area contributed by atoms with Crippen molar-refractivity contribution in [1.82, 2.24) is 9.80 Å². The largest absolute Gasteiger partial charge is 0.337 e. The van der Waals surface area contributed by atoms with E-state index in [9.17, 15) is 4.79 Å². The second-order valence-electron chi connectivity index (χ2n) is 8.39. The van der Waals surface area contributed by atoms with E-state index in [4.69, 9.17) is 0 Å². The van der Waals surface area contributed by atoms with E-state index in [1.165, 1.54) is 12.8 Å². The Morgan fingerprint density at radius 1 is 1.14 bits per heavy atom. The molecular formula is C18H36N2O. The van der Waals surface area contributed by atoms with Crippen molar-refractivity contribution in [3.8, 4) is 0 Å². The molecule has 0 aromatic rings. The van der Waals surface area contributed by atoms with E-state index in [1.54, 1.807) is 0 Å². The predicted octanol–water partition coefficient (Wildman–Crippen LogP) is 4.07. The zero-order chi connectivity index (χ0) is 16.3. The fourth-order valence-corrected chi connectivity index (χ4v) is 3.26. The molecular weight excluding hydrogens is 260 g/mol. The van der Waals surface area contributed by atoms with Gasteiger partial charge in [-0.3, -0.25) is 9.69 Å². The van der Waals surface area contributed by atoms with Crippen LogP contribution in [0, 0.1) is 0 Å². The number of hydrogen-bond donors (Lipinski definition) is 0. The highest BCUT2D eigenvalue weighted by atomic mass is 16.2. The predicted molar refractivity (Wildman–Crippen MR) is 90.5 cm³/mol. The van der Waals surface area contributed by atoms with Crippen LogP contribution in [-0.2, 0) is 4.79 Å². The van der Waals surface area contributed by atoms with Crippen LogP contribution in [0.5, 0.6) is 0 Å². The summed E-state index contributed by atoms with van der Waals surface area (Å²) in [7, 11) is 0. The van der Waals surface area contributed by atoms with E-state index in [1.807, 2.05) is 0 Å². The van der Waals surface area contributed by atoms with Gasteiger partial charge in [0.05, 0.1) is 6.04 Å². The number of nitrogens with zero attached hydrogens (tertiary/aromatic N) is 2. The first-order valence-electron chi connectivity index (χ1n) is 8.67. The number of carbonyl (C=O) groups excluding carboxylic acids is 1. The summed E-state index contributed by atoms with van der Waals surface area (Å²) in [5, 5.41) is 0. The van der Waals surface area contributed by atoms with Crippen molar-refractivity contribution in [3.63, 3.8) is 0 Å². The minimum Gasteiger partial charge on any atom is -0.337 e. The molecule has 3 heteroatoms. The number of unbranched alkanes of at least 4 members (excludes halogenated alkanes) is 1. The molecule has 0 spiro atoms. The van der Waals surface area contributed by atoms with Crippen LogP contribution in [0.15, 0.2) is 0 Å². The second kappa shape index (κ2) is 7.13. The number of piperidine rings is 1. The van der Waals surface area contributed by atoms with Gasteiger partial charge in [-0.05, 0) is 67.3 Å². The van der Waals surface area contributed by atoms with Crippen LogP contribution >= 0.6 is 0 Å². The van der Waals surface area contributed by atoms with Crippen molar-refractivity contribution in [2.75, 3.05) is 13.1 Å². The first-order valence-corrected chi connectivity index (χ1v) is 8.67. The molecule has 3 nitrogen and oxygen atoms in total. The monoisotopic (exact) mass is 296 g/mol. The Kier molecular flexibility index (Phi) is 6.27. The van der Waals surface area contributed by atoms with Gasteiger partial charge in [0, 0.05) is 17.6 Å². The zero-order valence-electron chi connectivity index (χ0n) is 15.3. The van der Waals surface area contributed by atoms with Gasteiger partial charge in [0.1, 0.15) is 0 Å². The molecule has 1 aliphatic rings. The lowest BCUT2D eigenvalue weighted by atomic mass is 9.92. The highest BCUT2D eigenvalue weighted by Crippen LogP contribution is 2.28. The third-order valence-electron chi connectivity index (χ3n) is 4.46. The minimum absolute atomic E-state index is 0.0645. The van der Waals surface area contributed by atoms with Crippen LogP contribution in [0.25, 0.3) is 0 Å². The molecule has 124 valence electrons. The molecule has 1 saturated heterocycles. The summed E-state index contributed by atoms with van der Waals surface area (Å²) in [6.07, 6.45) is 5.62. The Morgan fingerprint density at radius 3 is 2.24 bits per heavy atom. The molecule has 0 saturated carbocycles. The van der Waals surface area contributed by atoms with E-state index in [2.05, 4.69) is 58.3 Å². The van der Waals surface area contributed by atoms with Crippen molar-refractivity contribution in [2.45, 2.75) is 97.7 Å². The molecule has 1 rings (SSSR count). The first-order chi connectivity index (χ1) is 9.59.